The quantitative estimate of drug-likeness (QED) is 0.0204. The fraction of sp³-hybridized carbons (Fsp3) is 0.840. The van der Waals surface area contributed by atoms with Gasteiger partial charge in [0.25, 0.3) is 0 Å². The molecular weight excluding hydrogens is 1190 g/mol. The van der Waals surface area contributed by atoms with Crippen molar-refractivity contribution in [2.45, 2.75) is 415 Å². The van der Waals surface area contributed by atoms with Crippen molar-refractivity contribution in [1.82, 2.24) is 5.32 Å². The predicted molar refractivity (Wildman–Crippen MR) is 392 cm³/mol. The number of aliphatic hydroxyl groups is 8. The lowest BCUT2D eigenvalue weighted by Crippen LogP contribution is -2.65. The zero-order valence-electron chi connectivity index (χ0n) is 60.7. The van der Waals surface area contributed by atoms with Gasteiger partial charge in [0.05, 0.1) is 32.0 Å². The molecule has 14 nitrogen and oxygen atoms in total. The lowest BCUT2D eigenvalue weighted by Gasteiger charge is -2.46. The molecule has 0 aromatic heterocycles. The van der Waals surface area contributed by atoms with Crippen LogP contribution in [0.4, 0.5) is 0 Å². The Bertz CT molecular complexity index is 1870. The molecule has 0 radical (unpaired) electrons. The van der Waals surface area contributed by atoms with Crippen LogP contribution in [-0.2, 0) is 23.7 Å². The van der Waals surface area contributed by atoms with Gasteiger partial charge in [0, 0.05) is 6.42 Å². The van der Waals surface area contributed by atoms with E-state index in [4.69, 9.17) is 18.9 Å². The first-order valence-corrected chi connectivity index (χ1v) is 39.7. The molecule has 12 atom stereocenters. The summed E-state index contributed by atoms with van der Waals surface area (Å²) >= 11 is 0. The summed E-state index contributed by atoms with van der Waals surface area (Å²) in [6.45, 7) is 2.80. The highest BCUT2D eigenvalue weighted by molar-refractivity contribution is 5.76. The van der Waals surface area contributed by atoms with E-state index in [-0.39, 0.29) is 12.5 Å². The van der Waals surface area contributed by atoms with Gasteiger partial charge in [0.2, 0.25) is 5.91 Å². The average Bonchev–Trinajstić information content (AvgIpc) is 0.927. The molecule has 554 valence electrons. The van der Waals surface area contributed by atoms with Crippen LogP contribution in [0.15, 0.2) is 72.9 Å². The van der Waals surface area contributed by atoms with Crippen molar-refractivity contribution < 1.29 is 64.6 Å². The van der Waals surface area contributed by atoms with Crippen LogP contribution in [0.2, 0.25) is 0 Å². The van der Waals surface area contributed by atoms with Gasteiger partial charge in [-0.3, -0.25) is 4.79 Å². The summed E-state index contributed by atoms with van der Waals surface area (Å²) in [7, 11) is 0. The zero-order chi connectivity index (χ0) is 68.7. The molecule has 9 N–H and O–H groups in total. The van der Waals surface area contributed by atoms with Crippen molar-refractivity contribution in [3.8, 4) is 0 Å². The van der Waals surface area contributed by atoms with Crippen molar-refractivity contribution in [3.05, 3.63) is 72.9 Å². The molecule has 2 fully saturated rings. The van der Waals surface area contributed by atoms with Crippen LogP contribution in [0.25, 0.3) is 0 Å². The zero-order valence-corrected chi connectivity index (χ0v) is 60.7. The molecule has 0 aromatic rings. The molecule has 0 bridgehead atoms. The first-order chi connectivity index (χ1) is 46.6. The van der Waals surface area contributed by atoms with Crippen molar-refractivity contribution >= 4 is 5.91 Å². The number of aliphatic hydroxyl groups excluding tert-OH is 8. The standard InChI is InChI=1S/C81H147NO13/c1-3-5-7-9-11-13-15-17-19-21-23-25-27-29-30-31-32-33-34-35-36-37-38-39-40-41-43-45-47-49-51-53-55-57-59-61-63-65-73(86)82-69(68-92-80-78(91)76(89)79(72(67-84)94-80)95-81-77(90)75(88)74(87)71(66-83)93-81)70(85)64-62-60-58-56-54-52-50-48-46-44-42-28-26-24-22-20-18-16-14-12-10-8-6-4-2/h5,7,11,13,17,19,23,25,29-30,32-33,69-72,74-81,83-85,87-91H,3-4,6,8-10,12,14-16,18,20-22,24,26-28,31,34-68H2,1-2H3,(H,82,86)/b7-5-,13-11-,19-17-,25-23-,30-29-,33-32-. The lowest BCUT2D eigenvalue weighted by molar-refractivity contribution is -0.359. The maximum atomic E-state index is 13.4. The van der Waals surface area contributed by atoms with E-state index in [1.807, 2.05) is 0 Å². The summed E-state index contributed by atoms with van der Waals surface area (Å²) in [6, 6.07) is -0.832. The Hall–Kier alpha value is -2.57. The van der Waals surface area contributed by atoms with E-state index in [0.717, 1.165) is 89.9 Å². The minimum atomic E-state index is -1.78. The Morgan fingerprint density at radius 1 is 0.389 bits per heavy atom. The number of rotatable bonds is 66. The van der Waals surface area contributed by atoms with Crippen LogP contribution in [0.3, 0.4) is 0 Å². The second-order valence-corrected chi connectivity index (χ2v) is 27.8. The Morgan fingerprint density at radius 3 is 1.12 bits per heavy atom. The smallest absolute Gasteiger partial charge is 0.220 e. The Kier molecular flexibility index (Phi) is 60.4. The first kappa shape index (κ1) is 88.5. The number of hydrogen-bond donors (Lipinski definition) is 9. The normalized spacial score (nSPS) is 22.7. The van der Waals surface area contributed by atoms with Crippen LogP contribution in [0.1, 0.15) is 341 Å². The average molecular weight is 1340 g/mol. The van der Waals surface area contributed by atoms with E-state index in [2.05, 4.69) is 92.1 Å². The molecule has 95 heavy (non-hydrogen) atoms. The Balaban J connectivity index is 1.59. The number of carbonyl (C=O) groups excluding carboxylic acids is 1. The van der Waals surface area contributed by atoms with Crippen LogP contribution < -0.4 is 5.32 Å². The van der Waals surface area contributed by atoms with Gasteiger partial charge >= 0.3 is 0 Å². The second-order valence-electron chi connectivity index (χ2n) is 27.8. The molecule has 0 aromatic carbocycles. The highest BCUT2D eigenvalue weighted by Crippen LogP contribution is 2.30. The third kappa shape index (κ3) is 48.0. The lowest BCUT2D eigenvalue weighted by atomic mass is 9.97. The molecule has 0 spiro atoms. The van der Waals surface area contributed by atoms with Crippen LogP contribution in [0.5, 0.6) is 0 Å². The minimum Gasteiger partial charge on any atom is -0.394 e. The van der Waals surface area contributed by atoms with Gasteiger partial charge in [-0.05, 0) is 64.2 Å². The van der Waals surface area contributed by atoms with Crippen molar-refractivity contribution in [1.29, 1.82) is 0 Å². The molecule has 2 aliphatic rings. The molecule has 2 rings (SSSR count). The van der Waals surface area contributed by atoms with Crippen LogP contribution in [0, 0.1) is 0 Å². The van der Waals surface area contributed by atoms with Gasteiger partial charge in [-0.25, -0.2) is 0 Å². The van der Waals surface area contributed by atoms with E-state index in [1.54, 1.807) is 0 Å². The number of hydrogen-bond acceptors (Lipinski definition) is 13. The van der Waals surface area contributed by atoms with Gasteiger partial charge in [-0.2, -0.15) is 0 Å². The fourth-order valence-electron chi connectivity index (χ4n) is 13.0. The van der Waals surface area contributed by atoms with Crippen molar-refractivity contribution in [3.63, 3.8) is 0 Å². The third-order valence-electron chi connectivity index (χ3n) is 19.2. The maximum absolute atomic E-state index is 13.4. The van der Waals surface area contributed by atoms with Crippen molar-refractivity contribution in [2.75, 3.05) is 19.8 Å². The molecule has 14 heteroatoms. The maximum Gasteiger partial charge on any atom is 0.220 e. The van der Waals surface area contributed by atoms with E-state index in [9.17, 15) is 45.6 Å². The first-order valence-electron chi connectivity index (χ1n) is 39.7. The second kappa shape index (κ2) is 64.8. The topological polar surface area (TPSA) is 228 Å². The highest BCUT2D eigenvalue weighted by atomic mass is 16.7. The Labute approximate surface area is 580 Å². The number of amides is 1. The Morgan fingerprint density at radius 2 is 0.726 bits per heavy atom. The SMILES string of the molecule is CC/C=C\C/C=C\C/C=C\C/C=C\C/C=C\C/C=C\CCCCCCCCCCCCCCCCCCCCC(=O)NC(COC1OC(CO)C(OC2OC(CO)C(O)C(O)C2O)C(O)C1O)C(O)CCCCCCCCCCCCCCCCCCCCCCCCCC. The van der Waals surface area contributed by atoms with E-state index in [0.29, 0.717) is 12.8 Å². The monoisotopic (exact) mass is 1340 g/mol. The molecule has 12 unspecified atom stereocenters. The molecule has 2 saturated heterocycles. The summed E-state index contributed by atoms with van der Waals surface area (Å²) in [4.78, 5) is 13.4. The molecule has 0 saturated carbocycles. The van der Waals surface area contributed by atoms with E-state index >= 15 is 0 Å². The predicted octanol–water partition coefficient (Wildman–Crippen LogP) is 17.7. The molecule has 0 aliphatic carbocycles. The number of unbranched alkanes of at least 4 members (excludes halogenated alkanes) is 41. The number of allylic oxidation sites excluding steroid dienone is 12. The largest absolute Gasteiger partial charge is 0.394 e. The molecular formula is C81H147NO13. The molecule has 2 aliphatic heterocycles. The van der Waals surface area contributed by atoms with E-state index in [1.165, 1.54) is 225 Å². The van der Waals surface area contributed by atoms with Gasteiger partial charge in [0.1, 0.15) is 48.8 Å². The highest BCUT2D eigenvalue weighted by Gasteiger charge is 2.51. The van der Waals surface area contributed by atoms with Gasteiger partial charge in [-0.1, -0.05) is 344 Å². The van der Waals surface area contributed by atoms with Gasteiger partial charge < -0.3 is 65.1 Å². The summed E-state index contributed by atoms with van der Waals surface area (Å²) in [5.74, 6) is -0.202. The fourth-order valence-corrected chi connectivity index (χ4v) is 13.0. The summed E-state index contributed by atoms with van der Waals surface area (Å²) in [6.07, 6.45) is 72.2. The van der Waals surface area contributed by atoms with E-state index < -0.39 is 86.8 Å². The van der Waals surface area contributed by atoms with Crippen molar-refractivity contribution in [2.24, 2.45) is 0 Å². The molecule has 1 amide bonds. The third-order valence-corrected chi connectivity index (χ3v) is 19.2. The van der Waals surface area contributed by atoms with Crippen LogP contribution >= 0.6 is 0 Å². The van der Waals surface area contributed by atoms with Gasteiger partial charge in [0.15, 0.2) is 12.6 Å². The number of ether oxygens (including phenoxy) is 4. The van der Waals surface area contributed by atoms with Gasteiger partial charge in [-0.15, -0.1) is 0 Å². The minimum absolute atomic E-state index is 0.202. The summed E-state index contributed by atoms with van der Waals surface area (Å²) < 4.78 is 23.0. The summed E-state index contributed by atoms with van der Waals surface area (Å²) in [5.41, 5.74) is 0. The molecule has 2 heterocycles. The summed E-state index contributed by atoms with van der Waals surface area (Å²) in [5, 5.41) is 87.8. The number of carbonyl (C=O) groups is 1. The van der Waals surface area contributed by atoms with Crippen LogP contribution in [-0.4, -0.2) is 140 Å². The number of nitrogens with one attached hydrogen (secondary N) is 1.